The molecule has 0 N–H and O–H groups in total. The molecular weight excluding hydrogens is 421 g/mol. The molecule has 1 aliphatic heterocycles. The molecule has 0 aliphatic carbocycles. The molecule has 0 spiro atoms. The van der Waals surface area contributed by atoms with Gasteiger partial charge in [0.25, 0.3) is 0 Å². The quantitative estimate of drug-likeness (QED) is 0.340. The highest BCUT2D eigenvalue weighted by atomic mass is 32.2. The number of aryl methyl sites for hydroxylation is 2. The van der Waals surface area contributed by atoms with Crippen LogP contribution in [-0.2, 0) is 6.54 Å². The van der Waals surface area contributed by atoms with E-state index < -0.39 is 0 Å². The van der Waals surface area contributed by atoms with Crippen molar-refractivity contribution in [2.24, 2.45) is 0 Å². The Morgan fingerprint density at radius 2 is 1.84 bits per heavy atom. The van der Waals surface area contributed by atoms with Crippen molar-refractivity contribution in [2.45, 2.75) is 50.5 Å². The summed E-state index contributed by atoms with van der Waals surface area (Å²) in [7, 11) is 0. The van der Waals surface area contributed by atoms with E-state index in [0.717, 1.165) is 55.5 Å². The number of hydrogen-bond acceptors (Lipinski definition) is 4. The fraction of sp³-hybridized carbons (Fsp3) is 0.360. The van der Waals surface area contributed by atoms with Gasteiger partial charge in [0.2, 0.25) is 0 Å². The second-order valence-electron chi connectivity index (χ2n) is 8.53. The van der Waals surface area contributed by atoms with Crippen LogP contribution >= 0.6 is 11.9 Å². The highest BCUT2D eigenvalue weighted by Crippen LogP contribution is 2.36. The third-order valence-corrected chi connectivity index (χ3v) is 7.26. The van der Waals surface area contributed by atoms with Crippen molar-refractivity contribution >= 4 is 22.9 Å². The number of piperidine rings is 1. The first-order valence-electron chi connectivity index (χ1n) is 11.3. The zero-order valence-electron chi connectivity index (χ0n) is 18.5. The second-order valence-corrected chi connectivity index (χ2v) is 9.70. The van der Waals surface area contributed by atoms with Crippen molar-refractivity contribution in [2.75, 3.05) is 13.1 Å². The number of hydrogen-bond donors (Lipinski definition) is 0. The van der Waals surface area contributed by atoms with Gasteiger partial charge >= 0.3 is 0 Å². The molecule has 0 radical (unpaired) electrons. The van der Waals surface area contributed by atoms with Crippen LogP contribution < -0.4 is 0 Å². The molecule has 0 unspecified atom stereocenters. The number of rotatable bonds is 6. The first-order chi connectivity index (χ1) is 15.6. The van der Waals surface area contributed by atoms with Gasteiger partial charge in [0, 0.05) is 31.2 Å². The van der Waals surface area contributed by atoms with Gasteiger partial charge in [0.15, 0.2) is 0 Å². The van der Waals surface area contributed by atoms with Crippen LogP contribution in [0.15, 0.2) is 59.9 Å². The van der Waals surface area contributed by atoms with Crippen molar-refractivity contribution in [1.82, 2.24) is 23.9 Å². The first-order valence-corrected chi connectivity index (χ1v) is 12.1. The molecule has 2 aromatic heterocycles. The van der Waals surface area contributed by atoms with E-state index in [1.807, 2.05) is 33.7 Å². The minimum Gasteiger partial charge on any atom is -0.272 e. The Kier molecular flexibility index (Phi) is 6.02. The zero-order valence-corrected chi connectivity index (χ0v) is 19.4. The normalized spacial score (nSPS) is 15.6. The first kappa shape index (κ1) is 21.2. The predicted octanol–water partition coefficient (Wildman–Crippen LogP) is 5.97. The second kappa shape index (κ2) is 9.08. The topological polar surface area (TPSA) is 38.9 Å². The van der Waals surface area contributed by atoms with Gasteiger partial charge in [-0.15, -0.1) is 0 Å². The Hall–Kier alpha value is -2.64. The van der Waals surface area contributed by atoms with E-state index >= 15 is 0 Å². The molecular formula is C25H28FN5S. The minimum atomic E-state index is -0.233. The van der Waals surface area contributed by atoms with Gasteiger partial charge in [0.05, 0.1) is 28.5 Å². The van der Waals surface area contributed by atoms with Crippen molar-refractivity contribution in [3.8, 4) is 5.69 Å². The third kappa shape index (κ3) is 4.32. The Labute approximate surface area is 192 Å². The molecule has 1 saturated heterocycles. The van der Waals surface area contributed by atoms with Crippen LogP contribution in [0.3, 0.4) is 0 Å². The summed E-state index contributed by atoms with van der Waals surface area (Å²) in [5.74, 6) is 0.330. The van der Waals surface area contributed by atoms with Crippen LogP contribution in [0.1, 0.15) is 43.2 Å². The molecule has 1 fully saturated rings. The molecule has 0 saturated carbocycles. The summed E-state index contributed by atoms with van der Waals surface area (Å²) in [6.45, 7) is 7.48. The number of aromatic nitrogens is 4. The van der Waals surface area contributed by atoms with Crippen LogP contribution in [0.2, 0.25) is 0 Å². The van der Waals surface area contributed by atoms with Gasteiger partial charge in [0.1, 0.15) is 5.82 Å². The van der Waals surface area contributed by atoms with Gasteiger partial charge in [-0.3, -0.25) is 4.68 Å². The largest absolute Gasteiger partial charge is 0.272 e. The number of halogens is 1. The molecule has 3 heterocycles. The summed E-state index contributed by atoms with van der Waals surface area (Å²) in [6.07, 6.45) is 9.44. The van der Waals surface area contributed by atoms with Gasteiger partial charge in [-0.25, -0.2) is 13.4 Å². The average Bonchev–Trinajstić information content (AvgIpc) is 3.41. The van der Waals surface area contributed by atoms with Crippen molar-refractivity contribution in [1.29, 1.82) is 0 Å². The Balaban J connectivity index is 1.29. The minimum absolute atomic E-state index is 0.233. The summed E-state index contributed by atoms with van der Waals surface area (Å²) in [4.78, 5) is 1.22. The summed E-state index contributed by atoms with van der Waals surface area (Å²) >= 11 is 1.83. The van der Waals surface area contributed by atoms with Crippen molar-refractivity contribution in [3.63, 3.8) is 0 Å². The van der Waals surface area contributed by atoms with E-state index in [-0.39, 0.29) is 5.82 Å². The maximum atomic E-state index is 13.3. The molecule has 32 heavy (non-hydrogen) atoms. The molecule has 2 aromatic carbocycles. The van der Waals surface area contributed by atoms with Gasteiger partial charge in [-0.1, -0.05) is 6.92 Å². The maximum Gasteiger partial charge on any atom is 0.123 e. The fourth-order valence-electron chi connectivity index (χ4n) is 4.57. The lowest BCUT2D eigenvalue weighted by Crippen LogP contribution is -2.27. The number of fused-ring (bicyclic) bond motifs is 1. The summed E-state index contributed by atoms with van der Waals surface area (Å²) in [5.41, 5.74) is 4.67. The summed E-state index contributed by atoms with van der Waals surface area (Å²) < 4.78 is 19.7. The lowest BCUT2D eigenvalue weighted by molar-refractivity contribution is 0.345. The molecule has 5 nitrogen and oxygen atoms in total. The lowest BCUT2D eigenvalue weighted by Gasteiger charge is -2.31. The van der Waals surface area contributed by atoms with Crippen LogP contribution in [0.25, 0.3) is 16.6 Å². The van der Waals surface area contributed by atoms with Crippen molar-refractivity contribution in [3.05, 3.63) is 71.9 Å². The molecule has 5 rings (SSSR count). The molecule has 0 amide bonds. The Bertz CT molecular complexity index is 1210. The van der Waals surface area contributed by atoms with Gasteiger partial charge < -0.3 is 0 Å². The van der Waals surface area contributed by atoms with E-state index in [0.29, 0.717) is 5.92 Å². The van der Waals surface area contributed by atoms with E-state index in [4.69, 9.17) is 0 Å². The highest BCUT2D eigenvalue weighted by molar-refractivity contribution is 7.97. The summed E-state index contributed by atoms with van der Waals surface area (Å²) in [6, 6.07) is 11.0. The van der Waals surface area contributed by atoms with Gasteiger partial charge in [-0.2, -0.15) is 10.2 Å². The summed E-state index contributed by atoms with van der Waals surface area (Å²) in [5, 5.41) is 10.2. The van der Waals surface area contributed by atoms with E-state index in [9.17, 15) is 4.39 Å². The van der Waals surface area contributed by atoms with Crippen LogP contribution in [0.5, 0.6) is 0 Å². The van der Waals surface area contributed by atoms with E-state index in [1.54, 1.807) is 12.1 Å². The average molecular weight is 450 g/mol. The van der Waals surface area contributed by atoms with Gasteiger partial charge in [-0.05, 0) is 91.6 Å². The number of nitrogens with zero attached hydrogens (tertiary/aromatic N) is 5. The molecule has 4 aromatic rings. The predicted molar refractivity (Wildman–Crippen MR) is 128 cm³/mol. The molecule has 1 aliphatic rings. The fourth-order valence-corrected chi connectivity index (χ4v) is 5.53. The van der Waals surface area contributed by atoms with E-state index in [2.05, 4.69) is 46.7 Å². The van der Waals surface area contributed by atoms with Crippen LogP contribution in [0.4, 0.5) is 4.39 Å². The monoisotopic (exact) mass is 449 g/mol. The standard InChI is InChI=1S/C25H28FN5S/c1-3-10-29-17-23(16-27-29)32-30-11-8-19(9-12-30)24-14-20-15-28-31(25(20)13-18(24)2)22-6-4-21(26)5-7-22/h4-7,13-17,19H,3,8-12H2,1-2H3. The Morgan fingerprint density at radius 1 is 1.06 bits per heavy atom. The molecule has 7 heteroatoms. The van der Waals surface area contributed by atoms with Crippen molar-refractivity contribution < 1.29 is 4.39 Å². The molecule has 166 valence electrons. The smallest absolute Gasteiger partial charge is 0.123 e. The highest BCUT2D eigenvalue weighted by Gasteiger charge is 2.23. The third-order valence-electron chi connectivity index (χ3n) is 6.22. The SMILES string of the molecule is CCCn1cc(SN2CCC(c3cc4cnn(-c5ccc(F)cc5)c4cc3C)CC2)cn1. The van der Waals surface area contributed by atoms with Crippen LogP contribution in [-0.4, -0.2) is 37.0 Å². The van der Waals surface area contributed by atoms with E-state index in [1.165, 1.54) is 28.2 Å². The van der Waals surface area contributed by atoms with Crippen LogP contribution in [0, 0.1) is 12.7 Å². The molecule has 0 atom stereocenters. The Morgan fingerprint density at radius 3 is 2.59 bits per heavy atom. The number of benzene rings is 2. The lowest BCUT2D eigenvalue weighted by atomic mass is 9.87. The molecule has 0 bridgehead atoms. The zero-order chi connectivity index (χ0) is 22.1. The maximum absolute atomic E-state index is 13.3.